The minimum absolute atomic E-state index is 0.390. The fraction of sp³-hybridized carbons (Fsp3) is 0.130. The van der Waals surface area contributed by atoms with Crippen molar-refractivity contribution in [3.63, 3.8) is 0 Å². The molecule has 31 heavy (non-hydrogen) atoms. The normalized spacial score (nSPS) is 11.2. The number of carbonyl (C=O) groups is 2. The van der Waals surface area contributed by atoms with Crippen molar-refractivity contribution < 1.29 is 14.3 Å². The molecule has 2 aromatic heterocycles. The van der Waals surface area contributed by atoms with E-state index < -0.39 is 18.5 Å². The lowest BCUT2D eigenvalue weighted by atomic mass is 10.3. The molecule has 0 fully saturated rings. The highest BCUT2D eigenvalue weighted by molar-refractivity contribution is 7.19. The number of aromatic nitrogens is 3. The van der Waals surface area contributed by atoms with E-state index in [4.69, 9.17) is 4.74 Å². The first-order valence-electron chi connectivity index (χ1n) is 9.63. The van der Waals surface area contributed by atoms with Crippen LogP contribution in [0.3, 0.4) is 0 Å². The number of nitrogens with zero attached hydrogens (tertiary/aromatic N) is 3. The van der Waals surface area contributed by atoms with Crippen LogP contribution in [-0.2, 0) is 14.3 Å². The lowest BCUT2D eigenvalue weighted by Crippen LogP contribution is -2.20. The maximum atomic E-state index is 12.3. The molecule has 0 atom stereocenters. The van der Waals surface area contributed by atoms with E-state index in [0.717, 1.165) is 21.6 Å². The summed E-state index contributed by atoms with van der Waals surface area (Å²) in [5, 5.41) is 7.97. The summed E-state index contributed by atoms with van der Waals surface area (Å²) >= 11 is 1.47. The molecule has 0 spiro atoms. The molecule has 0 bridgehead atoms. The fourth-order valence-electron chi connectivity index (χ4n) is 3.11. The Morgan fingerprint density at radius 3 is 2.61 bits per heavy atom. The van der Waals surface area contributed by atoms with E-state index in [1.54, 1.807) is 10.8 Å². The number of thiazole rings is 1. The summed E-state index contributed by atoms with van der Waals surface area (Å²) in [4.78, 5) is 28.7. The second-order valence-electron chi connectivity index (χ2n) is 6.80. The van der Waals surface area contributed by atoms with Crippen LogP contribution in [0.25, 0.3) is 22.0 Å². The third kappa shape index (κ3) is 4.70. The SMILES string of the molecule is Cc1nn(-c2ccccc2)c(C)c1NC(=O)COC(=O)C=Cc1nc2ccccc2s1. The van der Waals surface area contributed by atoms with Gasteiger partial charge < -0.3 is 10.1 Å². The fourth-order valence-corrected chi connectivity index (χ4v) is 3.98. The monoisotopic (exact) mass is 432 g/mol. The first kappa shape index (κ1) is 20.5. The molecule has 0 unspecified atom stereocenters. The smallest absolute Gasteiger partial charge is 0.331 e. The predicted molar refractivity (Wildman–Crippen MR) is 121 cm³/mol. The van der Waals surface area contributed by atoms with Crippen LogP contribution in [0.2, 0.25) is 0 Å². The second kappa shape index (κ2) is 8.93. The molecule has 0 saturated carbocycles. The molecule has 7 nitrogen and oxygen atoms in total. The Balaban J connectivity index is 1.35. The van der Waals surface area contributed by atoms with E-state index in [1.807, 2.05) is 68.4 Å². The van der Waals surface area contributed by atoms with E-state index >= 15 is 0 Å². The van der Waals surface area contributed by atoms with Crippen LogP contribution in [0.5, 0.6) is 0 Å². The van der Waals surface area contributed by atoms with Gasteiger partial charge >= 0.3 is 5.97 Å². The molecule has 0 aliphatic rings. The van der Waals surface area contributed by atoms with Crippen molar-refractivity contribution >= 4 is 45.2 Å². The van der Waals surface area contributed by atoms with Gasteiger partial charge in [-0.25, -0.2) is 14.5 Å². The number of fused-ring (bicyclic) bond motifs is 1. The van der Waals surface area contributed by atoms with Crippen LogP contribution in [0.1, 0.15) is 16.4 Å². The molecule has 2 aromatic carbocycles. The molecule has 0 aliphatic heterocycles. The third-order valence-electron chi connectivity index (χ3n) is 4.57. The Bertz CT molecular complexity index is 1240. The van der Waals surface area contributed by atoms with E-state index in [2.05, 4.69) is 15.4 Å². The van der Waals surface area contributed by atoms with E-state index in [0.29, 0.717) is 16.4 Å². The predicted octanol–water partition coefficient (Wildman–Crippen LogP) is 4.29. The summed E-state index contributed by atoms with van der Waals surface area (Å²) in [6.45, 7) is 3.29. The van der Waals surface area contributed by atoms with Gasteiger partial charge in [0.25, 0.3) is 5.91 Å². The third-order valence-corrected chi connectivity index (χ3v) is 5.58. The van der Waals surface area contributed by atoms with Crippen molar-refractivity contribution in [1.82, 2.24) is 14.8 Å². The summed E-state index contributed by atoms with van der Waals surface area (Å²) in [6, 6.07) is 17.4. The van der Waals surface area contributed by atoms with Crippen molar-refractivity contribution in [2.45, 2.75) is 13.8 Å². The minimum Gasteiger partial charge on any atom is -0.452 e. The number of hydrogen-bond donors (Lipinski definition) is 1. The highest BCUT2D eigenvalue weighted by Gasteiger charge is 2.16. The number of benzene rings is 2. The molecular weight excluding hydrogens is 412 g/mol. The van der Waals surface area contributed by atoms with E-state index in [-0.39, 0.29) is 0 Å². The molecule has 2 heterocycles. The van der Waals surface area contributed by atoms with Crippen molar-refractivity contribution in [2.24, 2.45) is 0 Å². The number of anilines is 1. The van der Waals surface area contributed by atoms with Gasteiger partial charge in [0.2, 0.25) is 0 Å². The largest absolute Gasteiger partial charge is 0.452 e. The molecule has 0 radical (unpaired) electrons. The zero-order valence-electron chi connectivity index (χ0n) is 17.0. The average Bonchev–Trinajstić information content (AvgIpc) is 3.32. The quantitative estimate of drug-likeness (QED) is 0.363. The van der Waals surface area contributed by atoms with Crippen LogP contribution < -0.4 is 5.32 Å². The standard InChI is InChI=1S/C23H20N4O3S/c1-15-23(16(2)27(26-15)17-8-4-3-5-9-17)25-20(28)14-30-22(29)13-12-21-24-18-10-6-7-11-19(18)31-21/h3-13H,14H2,1-2H3,(H,25,28). The average molecular weight is 433 g/mol. The van der Waals surface area contributed by atoms with Gasteiger partial charge in [-0.05, 0) is 44.2 Å². The first-order chi connectivity index (χ1) is 15.0. The molecule has 4 aromatic rings. The number of esters is 1. The molecule has 1 N–H and O–H groups in total. The van der Waals surface area contributed by atoms with Gasteiger partial charge in [0.05, 0.1) is 33.0 Å². The van der Waals surface area contributed by atoms with Crippen LogP contribution >= 0.6 is 11.3 Å². The van der Waals surface area contributed by atoms with Crippen LogP contribution in [0.15, 0.2) is 60.7 Å². The van der Waals surface area contributed by atoms with Gasteiger partial charge in [-0.2, -0.15) is 5.10 Å². The number of aryl methyl sites for hydroxylation is 1. The number of ether oxygens (including phenoxy) is 1. The molecule has 0 aliphatic carbocycles. The van der Waals surface area contributed by atoms with Gasteiger partial charge in [-0.1, -0.05) is 30.3 Å². The minimum atomic E-state index is -0.608. The molecule has 1 amide bonds. The molecule has 4 rings (SSSR count). The highest BCUT2D eigenvalue weighted by atomic mass is 32.1. The Kier molecular flexibility index (Phi) is 5.90. The van der Waals surface area contributed by atoms with Gasteiger partial charge in [-0.3, -0.25) is 4.79 Å². The number of nitrogens with one attached hydrogen (secondary N) is 1. The van der Waals surface area contributed by atoms with Crippen molar-refractivity contribution in [1.29, 1.82) is 0 Å². The summed E-state index contributed by atoms with van der Waals surface area (Å²) in [7, 11) is 0. The summed E-state index contributed by atoms with van der Waals surface area (Å²) in [6.07, 6.45) is 2.86. The van der Waals surface area contributed by atoms with E-state index in [9.17, 15) is 9.59 Å². The van der Waals surface area contributed by atoms with Crippen LogP contribution in [-0.4, -0.2) is 33.2 Å². The zero-order valence-corrected chi connectivity index (χ0v) is 17.8. The number of para-hydroxylation sites is 2. The second-order valence-corrected chi connectivity index (χ2v) is 7.86. The van der Waals surface area contributed by atoms with E-state index in [1.165, 1.54) is 17.4 Å². The van der Waals surface area contributed by atoms with Crippen molar-refractivity contribution in [3.8, 4) is 5.69 Å². The maximum Gasteiger partial charge on any atom is 0.331 e. The molecule has 8 heteroatoms. The summed E-state index contributed by atoms with van der Waals surface area (Å²) in [5.41, 5.74) is 3.85. The van der Waals surface area contributed by atoms with Crippen LogP contribution in [0, 0.1) is 13.8 Å². The summed E-state index contributed by atoms with van der Waals surface area (Å²) in [5.74, 6) is -1.04. The Morgan fingerprint density at radius 1 is 1.10 bits per heavy atom. The molecule has 156 valence electrons. The lowest BCUT2D eigenvalue weighted by Gasteiger charge is -2.07. The van der Waals surface area contributed by atoms with Crippen LogP contribution in [0.4, 0.5) is 5.69 Å². The van der Waals surface area contributed by atoms with Gasteiger partial charge in [0.15, 0.2) is 6.61 Å². The summed E-state index contributed by atoms with van der Waals surface area (Å²) < 4.78 is 7.86. The van der Waals surface area contributed by atoms with Crippen molar-refractivity contribution in [3.05, 3.63) is 77.1 Å². The number of amides is 1. The lowest BCUT2D eigenvalue weighted by molar-refractivity contribution is -0.142. The van der Waals surface area contributed by atoms with Crippen molar-refractivity contribution in [2.75, 3.05) is 11.9 Å². The Labute approximate surface area is 183 Å². The first-order valence-corrected chi connectivity index (χ1v) is 10.4. The maximum absolute atomic E-state index is 12.3. The molecular formula is C23H20N4O3S. The number of rotatable bonds is 6. The Hall–Kier alpha value is -3.78. The zero-order chi connectivity index (χ0) is 21.8. The van der Waals surface area contributed by atoms with Gasteiger partial charge in [0.1, 0.15) is 5.01 Å². The number of carbonyl (C=O) groups excluding carboxylic acids is 2. The van der Waals surface area contributed by atoms with Gasteiger partial charge in [0, 0.05) is 6.08 Å². The topological polar surface area (TPSA) is 86.1 Å². The molecule has 0 saturated heterocycles. The number of hydrogen-bond acceptors (Lipinski definition) is 6. The Morgan fingerprint density at radius 2 is 1.84 bits per heavy atom. The highest BCUT2D eigenvalue weighted by Crippen LogP contribution is 2.23. The van der Waals surface area contributed by atoms with Gasteiger partial charge in [-0.15, -0.1) is 11.3 Å².